The molecule has 1 aromatic heterocycles. The number of aliphatic imine (C=N–C) groups is 1. The first-order chi connectivity index (χ1) is 13.5. The molecule has 1 atom stereocenters. The Morgan fingerprint density at radius 2 is 2.00 bits per heavy atom. The molecule has 28 heavy (non-hydrogen) atoms. The Morgan fingerprint density at radius 1 is 1.25 bits per heavy atom. The van der Waals surface area contributed by atoms with Crippen LogP contribution in [-0.4, -0.2) is 32.4 Å². The van der Waals surface area contributed by atoms with Gasteiger partial charge in [-0.05, 0) is 37.8 Å². The maximum Gasteiger partial charge on any atom is 0.187 e. The maximum atomic E-state index is 6.63. The van der Waals surface area contributed by atoms with Gasteiger partial charge in [-0.3, -0.25) is 5.73 Å². The fraction of sp³-hybridized carbons (Fsp3) is 0.421. The van der Waals surface area contributed by atoms with Crippen LogP contribution < -0.4 is 22.1 Å². The fourth-order valence-corrected chi connectivity index (χ4v) is 3.97. The molecular weight excluding hydrogens is 376 g/mol. The average molecular weight is 401 g/mol. The smallest absolute Gasteiger partial charge is 0.187 e. The van der Waals surface area contributed by atoms with Crippen molar-refractivity contribution in [3.63, 3.8) is 0 Å². The highest BCUT2D eigenvalue weighted by atomic mass is 35.5. The molecule has 0 bridgehead atoms. The van der Waals surface area contributed by atoms with Gasteiger partial charge in [0.2, 0.25) is 0 Å². The van der Waals surface area contributed by atoms with E-state index >= 15 is 0 Å². The third kappa shape index (κ3) is 3.63. The summed E-state index contributed by atoms with van der Waals surface area (Å²) in [4.78, 5) is 9.12. The molecule has 148 valence electrons. The van der Waals surface area contributed by atoms with Gasteiger partial charge >= 0.3 is 0 Å². The van der Waals surface area contributed by atoms with Gasteiger partial charge in [-0.25, -0.2) is 14.7 Å². The van der Waals surface area contributed by atoms with Crippen LogP contribution in [0.4, 0.5) is 5.69 Å². The fourth-order valence-electron chi connectivity index (χ4n) is 3.83. The minimum Gasteiger partial charge on any atom is -0.354 e. The second-order valence-electron chi connectivity index (χ2n) is 7.41. The Labute approximate surface area is 169 Å². The molecule has 2 heterocycles. The van der Waals surface area contributed by atoms with Crippen LogP contribution in [0.25, 0.3) is 11.4 Å². The maximum absolute atomic E-state index is 6.63. The van der Waals surface area contributed by atoms with Crippen molar-refractivity contribution in [1.29, 1.82) is 0 Å². The van der Waals surface area contributed by atoms with Crippen LogP contribution in [-0.2, 0) is 7.05 Å². The number of nitrogens with zero attached hydrogens (tertiary/aromatic N) is 4. The number of anilines is 1. The monoisotopic (exact) mass is 400 g/mol. The van der Waals surface area contributed by atoms with Gasteiger partial charge < -0.3 is 16.4 Å². The van der Waals surface area contributed by atoms with E-state index in [0.29, 0.717) is 10.9 Å². The second kappa shape index (κ2) is 7.54. The Balaban J connectivity index is 1.63. The highest BCUT2D eigenvalue weighted by Crippen LogP contribution is 2.33. The quantitative estimate of drug-likeness (QED) is 0.626. The van der Waals surface area contributed by atoms with Crippen LogP contribution in [0.1, 0.15) is 25.7 Å². The van der Waals surface area contributed by atoms with Crippen LogP contribution in [0.5, 0.6) is 0 Å². The van der Waals surface area contributed by atoms with Gasteiger partial charge in [0, 0.05) is 30.8 Å². The number of nitrogens with two attached hydrogens (primary N) is 2. The third-order valence-corrected chi connectivity index (χ3v) is 5.77. The largest absolute Gasteiger partial charge is 0.354 e. The second-order valence-corrected chi connectivity index (χ2v) is 7.82. The first kappa shape index (κ1) is 18.9. The number of para-hydroxylation sites is 1. The van der Waals surface area contributed by atoms with Crippen molar-refractivity contribution in [2.75, 3.05) is 5.32 Å². The van der Waals surface area contributed by atoms with Crippen LogP contribution >= 0.6 is 11.6 Å². The highest BCUT2D eigenvalue weighted by Gasteiger charge is 2.38. The molecule has 6 N–H and O–H groups in total. The van der Waals surface area contributed by atoms with Crippen LogP contribution in [0.3, 0.4) is 0 Å². The molecule has 2 aromatic rings. The van der Waals surface area contributed by atoms with E-state index in [4.69, 9.17) is 28.1 Å². The molecule has 0 radical (unpaired) electrons. The summed E-state index contributed by atoms with van der Waals surface area (Å²) in [7, 11) is 1.85. The zero-order chi connectivity index (χ0) is 19.7. The Morgan fingerprint density at radius 3 is 2.71 bits per heavy atom. The van der Waals surface area contributed by atoms with Gasteiger partial charge in [0.15, 0.2) is 11.6 Å². The number of amidine groups is 1. The van der Waals surface area contributed by atoms with Gasteiger partial charge in [-0.2, -0.15) is 5.10 Å². The molecule has 1 unspecified atom stereocenters. The van der Waals surface area contributed by atoms with E-state index in [-0.39, 0.29) is 12.0 Å². The van der Waals surface area contributed by atoms with Crippen molar-refractivity contribution in [3.05, 3.63) is 41.8 Å². The number of aromatic nitrogens is 3. The van der Waals surface area contributed by atoms with Gasteiger partial charge in [-0.15, -0.1) is 0 Å². The molecule has 1 aliphatic heterocycles. The first-order valence-electron chi connectivity index (χ1n) is 9.45. The first-order valence-corrected chi connectivity index (χ1v) is 9.82. The number of aryl methyl sites for hydroxylation is 1. The summed E-state index contributed by atoms with van der Waals surface area (Å²) in [6.45, 7) is 0. The van der Waals surface area contributed by atoms with E-state index in [2.05, 4.69) is 20.7 Å². The standard InChI is InChI=1S/C19H25ClN8/c1-28-18(23-11-25-28)14-4-2-3-5-16(14)26-17-15(20)10-24-19(22,27-17)12-6-8-13(21)9-7-12/h2-5,10-13,24H,6-9,21-22H2,1H3,(H,26,27)/t12-,13-,19?. The summed E-state index contributed by atoms with van der Waals surface area (Å²) in [5, 5.41) is 11.2. The van der Waals surface area contributed by atoms with E-state index in [9.17, 15) is 0 Å². The predicted octanol–water partition coefficient (Wildman–Crippen LogP) is 2.11. The molecule has 0 amide bonds. The SMILES string of the molecule is Cn1ncnc1-c1ccccc1NC1=NC(N)([C@H]2CC[C@H](N)CC2)NC=C1Cl. The normalized spacial score (nSPS) is 27.6. The van der Waals surface area contributed by atoms with E-state index in [1.165, 1.54) is 6.33 Å². The molecule has 4 rings (SSSR count). The Kier molecular flexibility index (Phi) is 5.09. The molecular formula is C19H25ClN8. The minimum absolute atomic E-state index is 0.194. The lowest BCUT2D eigenvalue weighted by Gasteiger charge is -2.40. The van der Waals surface area contributed by atoms with Crippen molar-refractivity contribution >= 4 is 23.1 Å². The van der Waals surface area contributed by atoms with Crippen molar-refractivity contribution < 1.29 is 0 Å². The van der Waals surface area contributed by atoms with Crippen LogP contribution in [0.15, 0.2) is 46.8 Å². The molecule has 1 fully saturated rings. The van der Waals surface area contributed by atoms with E-state index < -0.39 is 5.79 Å². The van der Waals surface area contributed by atoms with Gasteiger partial charge in [0.25, 0.3) is 0 Å². The number of hydrogen-bond acceptors (Lipinski definition) is 7. The summed E-state index contributed by atoms with van der Waals surface area (Å²) in [5.41, 5.74) is 14.4. The van der Waals surface area contributed by atoms with Gasteiger partial charge in [0.1, 0.15) is 12.2 Å². The minimum atomic E-state index is -0.902. The molecule has 1 aromatic carbocycles. The molecule has 0 saturated heterocycles. The summed E-state index contributed by atoms with van der Waals surface area (Å²) in [5.74, 6) is 0.574. The summed E-state index contributed by atoms with van der Waals surface area (Å²) in [6.07, 6.45) is 7.02. The molecule has 2 aliphatic rings. The number of halogens is 1. The summed E-state index contributed by atoms with van der Waals surface area (Å²) >= 11 is 6.43. The highest BCUT2D eigenvalue weighted by molar-refractivity contribution is 6.45. The zero-order valence-electron chi connectivity index (χ0n) is 15.8. The predicted molar refractivity (Wildman–Crippen MR) is 111 cm³/mol. The third-order valence-electron chi connectivity index (χ3n) is 5.48. The number of nitrogens with one attached hydrogen (secondary N) is 2. The average Bonchev–Trinajstić information content (AvgIpc) is 3.11. The molecule has 1 saturated carbocycles. The van der Waals surface area contributed by atoms with Crippen LogP contribution in [0.2, 0.25) is 0 Å². The number of hydrogen-bond donors (Lipinski definition) is 4. The topological polar surface area (TPSA) is 119 Å². The van der Waals surface area contributed by atoms with Crippen molar-refractivity contribution in [2.45, 2.75) is 37.5 Å². The van der Waals surface area contributed by atoms with E-state index in [0.717, 1.165) is 42.8 Å². The van der Waals surface area contributed by atoms with Crippen molar-refractivity contribution in [1.82, 2.24) is 20.1 Å². The van der Waals surface area contributed by atoms with Crippen LogP contribution in [0, 0.1) is 5.92 Å². The number of rotatable bonds is 3. The van der Waals surface area contributed by atoms with Crippen molar-refractivity contribution in [2.24, 2.45) is 29.4 Å². The zero-order valence-corrected chi connectivity index (χ0v) is 16.5. The summed E-state index contributed by atoms with van der Waals surface area (Å²) < 4.78 is 1.72. The Hall–Kier alpha value is -2.42. The van der Waals surface area contributed by atoms with Gasteiger partial charge in [0.05, 0.1) is 10.7 Å². The molecule has 0 spiro atoms. The molecule has 8 nitrogen and oxygen atoms in total. The van der Waals surface area contributed by atoms with Crippen molar-refractivity contribution in [3.8, 4) is 11.4 Å². The number of benzene rings is 1. The van der Waals surface area contributed by atoms with E-state index in [1.54, 1.807) is 10.9 Å². The van der Waals surface area contributed by atoms with E-state index in [1.807, 2.05) is 31.3 Å². The van der Waals surface area contributed by atoms with Gasteiger partial charge in [-0.1, -0.05) is 23.7 Å². The lowest BCUT2D eigenvalue weighted by Crippen LogP contribution is -2.59. The molecule has 1 aliphatic carbocycles. The lowest BCUT2D eigenvalue weighted by atomic mass is 9.82. The molecule has 9 heteroatoms. The lowest BCUT2D eigenvalue weighted by molar-refractivity contribution is 0.179. The Bertz CT molecular complexity index is 912. The summed E-state index contributed by atoms with van der Waals surface area (Å²) in [6, 6.07) is 8.08.